The van der Waals surface area contributed by atoms with E-state index in [1.54, 1.807) is 0 Å². The van der Waals surface area contributed by atoms with Gasteiger partial charge in [0.05, 0.1) is 0 Å². The Morgan fingerprint density at radius 1 is 1.13 bits per heavy atom. The van der Waals surface area contributed by atoms with Crippen LogP contribution >= 0.6 is 15.9 Å². The molecule has 0 radical (unpaired) electrons. The van der Waals surface area contributed by atoms with Crippen LogP contribution in [0, 0.1) is 0 Å². The predicted octanol–water partition coefficient (Wildman–Crippen LogP) is 3.62. The number of hydrogen-bond donors (Lipinski definition) is 1. The Labute approximate surface area is 98.4 Å². The van der Waals surface area contributed by atoms with Crippen molar-refractivity contribution in [2.45, 2.75) is 19.9 Å². The number of rotatable bonds is 2. The van der Waals surface area contributed by atoms with Gasteiger partial charge >= 0.3 is 0 Å². The zero-order chi connectivity index (χ0) is 10.8. The molecule has 1 nitrogen and oxygen atoms in total. The molecule has 0 bridgehead atoms. The van der Waals surface area contributed by atoms with E-state index < -0.39 is 0 Å². The SMILES string of the molecule is CCc1c(CN)ccc2c(Br)cccc12. The molecule has 0 aliphatic rings. The minimum Gasteiger partial charge on any atom is -0.326 e. The van der Waals surface area contributed by atoms with E-state index in [1.165, 1.54) is 21.9 Å². The Morgan fingerprint density at radius 3 is 2.60 bits per heavy atom. The smallest absolute Gasteiger partial charge is 0.0253 e. The molecule has 0 atom stereocenters. The summed E-state index contributed by atoms with van der Waals surface area (Å²) in [5.74, 6) is 0. The molecule has 0 amide bonds. The van der Waals surface area contributed by atoms with Gasteiger partial charge in [0.15, 0.2) is 0 Å². The standard InChI is InChI=1S/C13H14BrN/c1-2-10-9(8-15)6-7-12-11(10)4-3-5-13(12)14/h3-7H,2,8,15H2,1H3. The number of nitrogens with two attached hydrogens (primary N) is 1. The molecule has 0 saturated heterocycles. The Morgan fingerprint density at radius 2 is 1.93 bits per heavy atom. The summed E-state index contributed by atoms with van der Waals surface area (Å²) in [5.41, 5.74) is 8.37. The first kappa shape index (κ1) is 10.7. The monoisotopic (exact) mass is 263 g/mol. The summed E-state index contributed by atoms with van der Waals surface area (Å²) in [6.45, 7) is 2.79. The number of hydrogen-bond acceptors (Lipinski definition) is 1. The van der Waals surface area contributed by atoms with Crippen molar-refractivity contribution in [3.8, 4) is 0 Å². The largest absolute Gasteiger partial charge is 0.326 e. The molecule has 2 rings (SSSR count). The van der Waals surface area contributed by atoms with Crippen molar-refractivity contribution in [1.82, 2.24) is 0 Å². The van der Waals surface area contributed by atoms with Gasteiger partial charge in [-0.25, -0.2) is 0 Å². The molecular weight excluding hydrogens is 250 g/mol. The molecule has 0 unspecified atom stereocenters. The van der Waals surface area contributed by atoms with E-state index in [2.05, 4.69) is 53.2 Å². The van der Waals surface area contributed by atoms with Crippen LogP contribution < -0.4 is 5.73 Å². The van der Waals surface area contributed by atoms with Crippen LogP contribution in [0.5, 0.6) is 0 Å². The summed E-state index contributed by atoms with van der Waals surface area (Å²) in [5, 5.41) is 2.58. The Kier molecular flexibility index (Phi) is 3.08. The van der Waals surface area contributed by atoms with Crippen molar-refractivity contribution < 1.29 is 0 Å². The first-order valence-corrected chi connectivity index (χ1v) is 5.96. The van der Waals surface area contributed by atoms with Gasteiger partial charge in [-0.15, -0.1) is 0 Å². The molecule has 0 heterocycles. The van der Waals surface area contributed by atoms with E-state index in [0.717, 1.165) is 10.9 Å². The third-order valence-electron chi connectivity index (χ3n) is 2.79. The van der Waals surface area contributed by atoms with Crippen molar-refractivity contribution in [2.24, 2.45) is 5.73 Å². The minimum absolute atomic E-state index is 0.617. The van der Waals surface area contributed by atoms with Crippen molar-refractivity contribution in [2.75, 3.05) is 0 Å². The average molecular weight is 264 g/mol. The Bertz CT molecular complexity index is 491. The van der Waals surface area contributed by atoms with Crippen LogP contribution in [0.2, 0.25) is 0 Å². The highest BCUT2D eigenvalue weighted by molar-refractivity contribution is 9.10. The molecule has 2 aromatic rings. The van der Waals surface area contributed by atoms with E-state index in [-0.39, 0.29) is 0 Å². The fourth-order valence-electron chi connectivity index (χ4n) is 2.04. The number of halogens is 1. The first-order chi connectivity index (χ1) is 7.27. The summed E-state index contributed by atoms with van der Waals surface area (Å²) < 4.78 is 1.15. The highest BCUT2D eigenvalue weighted by Crippen LogP contribution is 2.28. The van der Waals surface area contributed by atoms with Crippen LogP contribution in [0.15, 0.2) is 34.8 Å². The lowest BCUT2D eigenvalue weighted by molar-refractivity contribution is 1.01. The predicted molar refractivity (Wildman–Crippen MR) is 68.9 cm³/mol. The van der Waals surface area contributed by atoms with E-state index in [1.807, 2.05) is 0 Å². The fourth-order valence-corrected chi connectivity index (χ4v) is 2.53. The highest BCUT2D eigenvalue weighted by Gasteiger charge is 2.06. The maximum atomic E-state index is 5.74. The quantitative estimate of drug-likeness (QED) is 0.880. The van der Waals surface area contributed by atoms with Gasteiger partial charge in [0.1, 0.15) is 0 Å². The summed E-state index contributed by atoms with van der Waals surface area (Å²) in [4.78, 5) is 0. The lowest BCUT2D eigenvalue weighted by Gasteiger charge is -2.10. The van der Waals surface area contributed by atoms with Crippen molar-refractivity contribution in [3.05, 3.63) is 45.9 Å². The lowest BCUT2D eigenvalue weighted by Crippen LogP contribution is -2.01. The second-order valence-electron chi connectivity index (χ2n) is 3.60. The molecule has 2 aromatic carbocycles. The molecular formula is C13H14BrN. The second kappa shape index (κ2) is 4.33. The second-order valence-corrected chi connectivity index (χ2v) is 4.45. The van der Waals surface area contributed by atoms with E-state index in [0.29, 0.717) is 6.54 Å². The average Bonchev–Trinajstić information content (AvgIpc) is 2.28. The maximum absolute atomic E-state index is 5.74. The van der Waals surface area contributed by atoms with E-state index in [9.17, 15) is 0 Å². The van der Waals surface area contributed by atoms with Crippen LogP contribution in [-0.2, 0) is 13.0 Å². The number of benzene rings is 2. The molecule has 15 heavy (non-hydrogen) atoms. The van der Waals surface area contributed by atoms with Crippen LogP contribution in [0.25, 0.3) is 10.8 Å². The molecule has 2 heteroatoms. The Hall–Kier alpha value is -0.860. The first-order valence-electron chi connectivity index (χ1n) is 5.17. The molecule has 0 aromatic heterocycles. The molecule has 0 aliphatic heterocycles. The zero-order valence-corrected chi connectivity index (χ0v) is 10.3. The van der Waals surface area contributed by atoms with Crippen LogP contribution in [0.3, 0.4) is 0 Å². The summed E-state index contributed by atoms with van der Waals surface area (Å²) in [7, 11) is 0. The molecule has 0 fully saturated rings. The third-order valence-corrected chi connectivity index (χ3v) is 3.48. The lowest BCUT2D eigenvalue weighted by atomic mass is 9.97. The van der Waals surface area contributed by atoms with E-state index in [4.69, 9.17) is 5.73 Å². The minimum atomic E-state index is 0.617. The fraction of sp³-hybridized carbons (Fsp3) is 0.231. The summed E-state index contributed by atoms with van der Waals surface area (Å²) in [6, 6.07) is 10.6. The van der Waals surface area contributed by atoms with Crippen molar-refractivity contribution >= 4 is 26.7 Å². The topological polar surface area (TPSA) is 26.0 Å². The summed E-state index contributed by atoms with van der Waals surface area (Å²) >= 11 is 3.58. The van der Waals surface area contributed by atoms with Gasteiger partial charge in [-0.05, 0) is 34.4 Å². The normalized spacial score (nSPS) is 10.9. The Balaban J connectivity index is 2.82. The zero-order valence-electron chi connectivity index (χ0n) is 8.76. The van der Waals surface area contributed by atoms with Crippen molar-refractivity contribution in [3.63, 3.8) is 0 Å². The van der Waals surface area contributed by atoms with Gasteiger partial charge in [-0.2, -0.15) is 0 Å². The van der Waals surface area contributed by atoms with Gasteiger partial charge < -0.3 is 5.73 Å². The van der Waals surface area contributed by atoms with Crippen LogP contribution in [0.4, 0.5) is 0 Å². The molecule has 2 N–H and O–H groups in total. The van der Waals surface area contributed by atoms with Crippen LogP contribution in [-0.4, -0.2) is 0 Å². The molecule has 0 aliphatic carbocycles. The van der Waals surface area contributed by atoms with Crippen LogP contribution in [0.1, 0.15) is 18.1 Å². The highest BCUT2D eigenvalue weighted by atomic mass is 79.9. The van der Waals surface area contributed by atoms with Gasteiger partial charge in [-0.3, -0.25) is 0 Å². The van der Waals surface area contributed by atoms with Gasteiger partial charge in [0.2, 0.25) is 0 Å². The number of fused-ring (bicyclic) bond motifs is 1. The van der Waals surface area contributed by atoms with E-state index >= 15 is 0 Å². The van der Waals surface area contributed by atoms with Gasteiger partial charge in [0, 0.05) is 11.0 Å². The van der Waals surface area contributed by atoms with Gasteiger partial charge in [-0.1, -0.05) is 47.1 Å². The molecule has 0 saturated carbocycles. The maximum Gasteiger partial charge on any atom is 0.0253 e. The molecule has 0 spiro atoms. The molecule has 78 valence electrons. The number of aryl methyl sites for hydroxylation is 1. The third kappa shape index (κ3) is 1.80. The van der Waals surface area contributed by atoms with Gasteiger partial charge in [0.25, 0.3) is 0 Å². The summed E-state index contributed by atoms with van der Waals surface area (Å²) in [6.07, 6.45) is 1.03. The van der Waals surface area contributed by atoms with Crippen molar-refractivity contribution in [1.29, 1.82) is 0 Å².